The minimum atomic E-state index is -0.0989. The fourth-order valence-corrected chi connectivity index (χ4v) is 2.54. The zero-order valence-electron chi connectivity index (χ0n) is 10.2. The number of hydrogen-bond donors (Lipinski definition) is 3. The lowest BCUT2D eigenvalue weighted by atomic mass is 10.1. The third-order valence-electron chi connectivity index (χ3n) is 3.52. The Balaban J connectivity index is 1.74. The van der Waals surface area contributed by atoms with Crippen LogP contribution in [0.3, 0.4) is 0 Å². The number of nitrogens with one attached hydrogen (secondary N) is 3. The largest absolute Gasteiger partial charge is 0.382 e. The van der Waals surface area contributed by atoms with E-state index in [1.807, 2.05) is 12.1 Å². The fraction of sp³-hybridized carbons (Fsp3) is 0.357. The molecule has 1 saturated carbocycles. The Hall–Kier alpha value is -1.97. The first kappa shape index (κ1) is 11.1. The Morgan fingerprint density at radius 2 is 1.78 bits per heavy atom. The Morgan fingerprint density at radius 1 is 1.06 bits per heavy atom. The number of aromatic nitrogens is 2. The van der Waals surface area contributed by atoms with Gasteiger partial charge in [0, 0.05) is 17.8 Å². The van der Waals surface area contributed by atoms with E-state index in [-0.39, 0.29) is 5.56 Å². The maximum absolute atomic E-state index is 11.1. The van der Waals surface area contributed by atoms with Crippen LogP contribution in [-0.4, -0.2) is 16.2 Å². The van der Waals surface area contributed by atoms with Gasteiger partial charge in [0.1, 0.15) is 0 Å². The molecule has 3 N–H and O–H groups in total. The summed E-state index contributed by atoms with van der Waals surface area (Å²) in [6.45, 7) is 0. The van der Waals surface area contributed by atoms with Crippen molar-refractivity contribution in [2.75, 3.05) is 5.32 Å². The van der Waals surface area contributed by atoms with Crippen molar-refractivity contribution in [3.63, 3.8) is 0 Å². The van der Waals surface area contributed by atoms with Crippen molar-refractivity contribution in [1.82, 2.24) is 10.2 Å². The van der Waals surface area contributed by atoms with Crippen molar-refractivity contribution in [3.05, 3.63) is 40.7 Å². The predicted octanol–water partition coefficient (Wildman–Crippen LogP) is 2.72. The van der Waals surface area contributed by atoms with Gasteiger partial charge < -0.3 is 5.32 Å². The molecule has 94 valence electrons. The second-order valence-electron chi connectivity index (χ2n) is 4.88. The maximum Gasteiger partial charge on any atom is 0.264 e. The summed E-state index contributed by atoms with van der Waals surface area (Å²) in [4.78, 5) is 11.1. The molecule has 3 rings (SSSR count). The molecule has 0 atom stereocenters. The van der Waals surface area contributed by atoms with Crippen molar-refractivity contribution in [3.8, 4) is 11.3 Å². The van der Waals surface area contributed by atoms with E-state index in [1.165, 1.54) is 25.7 Å². The van der Waals surface area contributed by atoms with E-state index < -0.39 is 0 Å². The van der Waals surface area contributed by atoms with Crippen LogP contribution in [-0.2, 0) is 0 Å². The molecule has 18 heavy (non-hydrogen) atoms. The molecule has 0 aliphatic heterocycles. The number of anilines is 1. The Kier molecular flexibility index (Phi) is 2.92. The van der Waals surface area contributed by atoms with Crippen LogP contribution in [0.15, 0.2) is 35.1 Å². The van der Waals surface area contributed by atoms with Crippen LogP contribution in [0.1, 0.15) is 25.7 Å². The van der Waals surface area contributed by atoms with E-state index in [0.29, 0.717) is 6.04 Å². The summed E-state index contributed by atoms with van der Waals surface area (Å²) >= 11 is 0. The van der Waals surface area contributed by atoms with E-state index >= 15 is 0 Å². The van der Waals surface area contributed by atoms with E-state index in [0.717, 1.165) is 16.9 Å². The van der Waals surface area contributed by atoms with Crippen LogP contribution in [0.4, 0.5) is 5.69 Å². The number of rotatable bonds is 3. The number of aromatic amines is 2. The first-order chi connectivity index (χ1) is 8.81. The van der Waals surface area contributed by atoms with Crippen molar-refractivity contribution < 1.29 is 0 Å². The molecular formula is C14H17N3O. The van der Waals surface area contributed by atoms with Crippen LogP contribution in [0.25, 0.3) is 11.3 Å². The molecule has 1 aromatic heterocycles. The molecular weight excluding hydrogens is 226 g/mol. The van der Waals surface area contributed by atoms with Crippen LogP contribution in [0.5, 0.6) is 0 Å². The van der Waals surface area contributed by atoms with Gasteiger partial charge in [-0.05, 0) is 30.5 Å². The third kappa shape index (κ3) is 2.32. The fourth-order valence-electron chi connectivity index (χ4n) is 2.54. The van der Waals surface area contributed by atoms with Crippen molar-refractivity contribution in [2.45, 2.75) is 31.7 Å². The molecule has 1 aliphatic carbocycles. The Bertz CT molecular complexity index is 561. The molecule has 0 saturated heterocycles. The molecule has 4 nitrogen and oxygen atoms in total. The predicted molar refractivity (Wildman–Crippen MR) is 72.7 cm³/mol. The molecule has 2 aromatic rings. The molecule has 1 heterocycles. The van der Waals surface area contributed by atoms with Crippen molar-refractivity contribution in [1.29, 1.82) is 0 Å². The molecule has 1 aliphatic rings. The Labute approximate surface area is 105 Å². The summed E-state index contributed by atoms with van der Waals surface area (Å²) in [5.74, 6) is 0. The highest BCUT2D eigenvalue weighted by Gasteiger charge is 2.14. The summed E-state index contributed by atoms with van der Waals surface area (Å²) < 4.78 is 0. The van der Waals surface area contributed by atoms with E-state index in [9.17, 15) is 4.79 Å². The van der Waals surface area contributed by atoms with Crippen LogP contribution in [0.2, 0.25) is 0 Å². The highest BCUT2D eigenvalue weighted by Crippen LogP contribution is 2.24. The lowest BCUT2D eigenvalue weighted by Crippen LogP contribution is -2.14. The number of benzene rings is 1. The van der Waals surface area contributed by atoms with E-state index in [2.05, 4.69) is 27.6 Å². The molecule has 0 spiro atoms. The molecule has 0 radical (unpaired) electrons. The molecule has 1 aromatic carbocycles. The SMILES string of the molecule is O=c1cc(-c2ccc(NC3CCCC3)cc2)[nH][nH]1. The van der Waals surface area contributed by atoms with Gasteiger partial charge in [0.25, 0.3) is 5.56 Å². The van der Waals surface area contributed by atoms with Gasteiger partial charge in [-0.15, -0.1) is 0 Å². The van der Waals surface area contributed by atoms with Crippen LogP contribution in [0, 0.1) is 0 Å². The molecule has 1 fully saturated rings. The van der Waals surface area contributed by atoms with Gasteiger partial charge in [-0.3, -0.25) is 15.0 Å². The van der Waals surface area contributed by atoms with Crippen molar-refractivity contribution >= 4 is 5.69 Å². The first-order valence-electron chi connectivity index (χ1n) is 6.46. The van der Waals surface area contributed by atoms with Gasteiger partial charge in [0.15, 0.2) is 0 Å². The minimum Gasteiger partial charge on any atom is -0.382 e. The third-order valence-corrected chi connectivity index (χ3v) is 3.52. The standard InChI is InChI=1S/C14H17N3O/c18-14-9-13(16-17-14)10-5-7-12(8-6-10)15-11-3-1-2-4-11/h5-9,11,15H,1-4H2,(H2,16,17,18). The monoisotopic (exact) mass is 243 g/mol. The number of hydrogen-bond acceptors (Lipinski definition) is 2. The van der Waals surface area contributed by atoms with Gasteiger partial charge in [-0.2, -0.15) is 0 Å². The van der Waals surface area contributed by atoms with Gasteiger partial charge in [-0.25, -0.2) is 0 Å². The van der Waals surface area contributed by atoms with Gasteiger partial charge in [0.05, 0.1) is 5.69 Å². The second-order valence-corrected chi connectivity index (χ2v) is 4.88. The maximum atomic E-state index is 11.1. The number of H-pyrrole nitrogens is 2. The average Bonchev–Trinajstić information content (AvgIpc) is 3.02. The zero-order chi connectivity index (χ0) is 12.4. The molecule has 4 heteroatoms. The molecule has 0 unspecified atom stereocenters. The summed E-state index contributed by atoms with van der Waals surface area (Å²) in [6, 6.07) is 10.4. The lowest BCUT2D eigenvalue weighted by molar-refractivity contribution is 0.755. The zero-order valence-corrected chi connectivity index (χ0v) is 10.2. The highest BCUT2D eigenvalue weighted by molar-refractivity contribution is 5.62. The molecule has 0 amide bonds. The van der Waals surface area contributed by atoms with E-state index in [4.69, 9.17) is 0 Å². The summed E-state index contributed by atoms with van der Waals surface area (Å²) in [5.41, 5.74) is 2.90. The van der Waals surface area contributed by atoms with Crippen LogP contribution >= 0.6 is 0 Å². The van der Waals surface area contributed by atoms with Gasteiger partial charge >= 0.3 is 0 Å². The average molecular weight is 243 g/mol. The van der Waals surface area contributed by atoms with Crippen LogP contribution < -0.4 is 10.9 Å². The van der Waals surface area contributed by atoms with E-state index in [1.54, 1.807) is 6.07 Å². The molecule has 0 bridgehead atoms. The first-order valence-corrected chi connectivity index (χ1v) is 6.46. The topological polar surface area (TPSA) is 60.7 Å². The van der Waals surface area contributed by atoms with Crippen molar-refractivity contribution in [2.24, 2.45) is 0 Å². The summed E-state index contributed by atoms with van der Waals surface area (Å²) in [6.07, 6.45) is 5.21. The van der Waals surface area contributed by atoms with Gasteiger partial charge in [-0.1, -0.05) is 25.0 Å². The summed E-state index contributed by atoms with van der Waals surface area (Å²) in [5, 5.41) is 8.95. The normalized spacial score (nSPS) is 16.0. The second kappa shape index (κ2) is 4.72. The highest BCUT2D eigenvalue weighted by atomic mass is 16.1. The van der Waals surface area contributed by atoms with Gasteiger partial charge in [0.2, 0.25) is 0 Å². The smallest absolute Gasteiger partial charge is 0.264 e. The minimum absolute atomic E-state index is 0.0989. The lowest BCUT2D eigenvalue weighted by Gasteiger charge is -2.13. The summed E-state index contributed by atoms with van der Waals surface area (Å²) in [7, 11) is 0. The Morgan fingerprint density at radius 3 is 2.39 bits per heavy atom. The quantitative estimate of drug-likeness (QED) is 0.776.